The molecule has 160 valence electrons. The molecule has 0 spiro atoms. The Balaban J connectivity index is 1.48. The molecular weight excluding hydrogens is 416 g/mol. The normalized spacial score (nSPS) is 14.7. The van der Waals surface area contributed by atoms with Gasteiger partial charge in [-0.25, -0.2) is 9.59 Å². The molecule has 1 aliphatic heterocycles. The number of fused-ring (bicyclic) bond motifs is 1. The summed E-state index contributed by atoms with van der Waals surface area (Å²) in [7, 11) is 1.60. The van der Waals surface area contributed by atoms with Crippen LogP contribution in [0.3, 0.4) is 0 Å². The molecule has 1 aromatic heterocycles. The van der Waals surface area contributed by atoms with Crippen molar-refractivity contribution in [3.05, 3.63) is 60.2 Å². The summed E-state index contributed by atoms with van der Waals surface area (Å²) in [5.41, 5.74) is 8.38. The lowest BCUT2D eigenvalue weighted by atomic mass is 10.00. The highest BCUT2D eigenvalue weighted by Crippen LogP contribution is 2.41. The quantitative estimate of drug-likeness (QED) is 0.480. The Labute approximate surface area is 183 Å². The number of methoxy groups -OCH3 is 1. The molecule has 0 saturated carbocycles. The zero-order valence-electron chi connectivity index (χ0n) is 16.8. The second-order valence-electron chi connectivity index (χ2n) is 6.99. The van der Waals surface area contributed by atoms with Crippen LogP contribution in [0.1, 0.15) is 5.56 Å². The number of para-hydroxylation sites is 1. The van der Waals surface area contributed by atoms with Crippen molar-refractivity contribution in [2.45, 2.75) is 12.5 Å². The van der Waals surface area contributed by atoms with Crippen LogP contribution >= 0.6 is 11.3 Å². The number of anilines is 2. The average molecular weight is 439 g/mol. The molecule has 5 N–H and O–H groups in total. The molecule has 9 heteroatoms. The maximum atomic E-state index is 12.5. The minimum atomic E-state index is -0.735. The highest BCUT2D eigenvalue weighted by atomic mass is 32.1. The lowest BCUT2D eigenvalue weighted by Gasteiger charge is -2.26. The lowest BCUT2D eigenvalue weighted by Crippen LogP contribution is -2.44. The van der Waals surface area contributed by atoms with E-state index in [9.17, 15) is 9.59 Å². The van der Waals surface area contributed by atoms with Gasteiger partial charge in [-0.05, 0) is 47.9 Å². The fourth-order valence-electron chi connectivity index (χ4n) is 3.39. The minimum absolute atomic E-state index is 0.116. The van der Waals surface area contributed by atoms with Crippen molar-refractivity contribution in [3.8, 4) is 21.9 Å². The largest absolute Gasteiger partial charge is 0.497 e. The maximum absolute atomic E-state index is 12.5. The molecule has 4 rings (SSSR count). The van der Waals surface area contributed by atoms with Crippen LogP contribution in [-0.2, 0) is 6.42 Å². The van der Waals surface area contributed by atoms with Crippen LogP contribution < -0.4 is 31.2 Å². The van der Waals surface area contributed by atoms with Crippen molar-refractivity contribution in [1.29, 1.82) is 0 Å². The summed E-state index contributed by atoms with van der Waals surface area (Å²) in [4.78, 5) is 24.8. The first-order chi connectivity index (χ1) is 15.0. The summed E-state index contributed by atoms with van der Waals surface area (Å²) in [6.07, 6.45) is 0.101. The van der Waals surface area contributed by atoms with E-state index in [2.05, 4.69) is 16.0 Å². The molecule has 3 amide bonds. The average Bonchev–Trinajstić information content (AvgIpc) is 3.15. The predicted octanol–water partition coefficient (Wildman–Crippen LogP) is 4.04. The second-order valence-corrected chi connectivity index (χ2v) is 8.05. The number of primary amides is 1. The van der Waals surface area contributed by atoms with Gasteiger partial charge in [0.05, 0.1) is 13.2 Å². The number of nitrogens with one attached hydrogen (secondary N) is 3. The first kappa shape index (κ1) is 20.5. The van der Waals surface area contributed by atoms with Crippen molar-refractivity contribution < 1.29 is 19.1 Å². The van der Waals surface area contributed by atoms with E-state index in [1.54, 1.807) is 13.2 Å². The number of nitrogens with two attached hydrogens (primary N) is 1. The molecule has 1 atom stereocenters. The molecule has 0 bridgehead atoms. The summed E-state index contributed by atoms with van der Waals surface area (Å²) in [5.74, 6) is 0.964. The molecule has 8 nitrogen and oxygen atoms in total. The highest BCUT2D eigenvalue weighted by Gasteiger charge is 2.22. The minimum Gasteiger partial charge on any atom is -0.497 e. The third-order valence-electron chi connectivity index (χ3n) is 4.86. The number of carbonyl (C=O) groups is 2. The van der Waals surface area contributed by atoms with Crippen LogP contribution in [0.15, 0.2) is 54.6 Å². The lowest BCUT2D eigenvalue weighted by molar-refractivity contribution is 0.196. The zero-order valence-corrected chi connectivity index (χ0v) is 17.6. The zero-order chi connectivity index (χ0) is 21.8. The van der Waals surface area contributed by atoms with Gasteiger partial charge in [-0.2, -0.15) is 0 Å². The van der Waals surface area contributed by atoms with Crippen molar-refractivity contribution in [3.63, 3.8) is 0 Å². The monoisotopic (exact) mass is 438 g/mol. The van der Waals surface area contributed by atoms with E-state index in [0.717, 1.165) is 27.4 Å². The number of carbonyl (C=O) groups excluding carboxylic acids is 2. The molecule has 3 aromatic rings. The summed E-state index contributed by atoms with van der Waals surface area (Å²) in [6.45, 7) is 0.596. The number of ether oxygens (including phenoxy) is 2. The Hall–Kier alpha value is -3.72. The van der Waals surface area contributed by atoms with Crippen LogP contribution in [0.5, 0.6) is 11.5 Å². The van der Waals surface area contributed by atoms with E-state index in [1.807, 2.05) is 48.5 Å². The van der Waals surface area contributed by atoms with Gasteiger partial charge in [0.2, 0.25) is 0 Å². The Morgan fingerprint density at radius 1 is 1.16 bits per heavy atom. The maximum Gasteiger partial charge on any atom is 0.412 e. The fraction of sp³-hybridized carbons (Fsp3) is 0.182. The second kappa shape index (κ2) is 8.97. The topological polar surface area (TPSA) is 115 Å². The van der Waals surface area contributed by atoms with Crippen LogP contribution in [-0.4, -0.2) is 31.8 Å². The first-order valence-electron chi connectivity index (χ1n) is 9.66. The van der Waals surface area contributed by atoms with Gasteiger partial charge in [0.25, 0.3) is 0 Å². The fourth-order valence-corrected chi connectivity index (χ4v) is 4.38. The van der Waals surface area contributed by atoms with Crippen molar-refractivity contribution in [1.82, 2.24) is 5.32 Å². The van der Waals surface area contributed by atoms with Gasteiger partial charge in [0, 0.05) is 23.2 Å². The van der Waals surface area contributed by atoms with Gasteiger partial charge in [-0.3, -0.25) is 5.32 Å². The highest BCUT2D eigenvalue weighted by molar-refractivity contribution is 7.20. The molecule has 0 saturated heterocycles. The van der Waals surface area contributed by atoms with Crippen LogP contribution in [0.4, 0.5) is 20.3 Å². The molecule has 31 heavy (non-hydrogen) atoms. The van der Waals surface area contributed by atoms with Crippen molar-refractivity contribution in [2.75, 3.05) is 24.3 Å². The van der Waals surface area contributed by atoms with Gasteiger partial charge in [-0.1, -0.05) is 18.2 Å². The third kappa shape index (κ3) is 4.89. The Kier molecular flexibility index (Phi) is 5.94. The predicted molar refractivity (Wildman–Crippen MR) is 121 cm³/mol. The number of hydrogen-bond donors (Lipinski definition) is 4. The molecule has 2 aromatic carbocycles. The summed E-state index contributed by atoms with van der Waals surface area (Å²) >= 11 is 1.26. The van der Waals surface area contributed by atoms with E-state index in [0.29, 0.717) is 18.0 Å². The van der Waals surface area contributed by atoms with Crippen molar-refractivity contribution in [2.24, 2.45) is 5.73 Å². The first-order valence-corrected chi connectivity index (χ1v) is 10.5. The van der Waals surface area contributed by atoms with E-state index in [4.69, 9.17) is 15.2 Å². The van der Waals surface area contributed by atoms with Gasteiger partial charge in [-0.15, -0.1) is 11.3 Å². The van der Waals surface area contributed by atoms with E-state index < -0.39 is 12.1 Å². The number of hydrogen-bond acceptors (Lipinski definition) is 6. The van der Waals surface area contributed by atoms with Gasteiger partial charge in [0.15, 0.2) is 5.75 Å². The molecule has 1 aliphatic rings. The molecular formula is C22H22N4O4S. The number of rotatable bonds is 5. The molecule has 0 aliphatic carbocycles. The molecule has 0 radical (unpaired) electrons. The Bertz CT molecular complexity index is 1100. The Morgan fingerprint density at radius 3 is 2.68 bits per heavy atom. The third-order valence-corrected chi connectivity index (χ3v) is 5.94. The standard InChI is InChI=1S/C22H22N4O4S/c1-29-16-8-6-13(7-9-16)19-11-18(20(31-19)26-21(23)27)30-22(28)25-15-10-14-4-2-3-5-17(14)24-12-15/h2-9,11,15,24H,10,12H2,1H3,(H,25,28)(H3,23,26,27). The molecule has 0 fully saturated rings. The molecule has 2 heterocycles. The number of amides is 3. The van der Waals surface area contributed by atoms with Crippen molar-refractivity contribution >= 4 is 34.1 Å². The Morgan fingerprint density at radius 2 is 1.94 bits per heavy atom. The van der Waals surface area contributed by atoms with Crippen LogP contribution in [0.2, 0.25) is 0 Å². The smallest absolute Gasteiger partial charge is 0.412 e. The van der Waals surface area contributed by atoms with Gasteiger partial charge < -0.3 is 25.8 Å². The van der Waals surface area contributed by atoms with E-state index in [1.165, 1.54) is 11.3 Å². The van der Waals surface area contributed by atoms with Gasteiger partial charge in [0.1, 0.15) is 10.8 Å². The SMILES string of the molecule is COc1ccc(-c2cc(OC(=O)NC3CNc4ccccc4C3)c(NC(N)=O)s2)cc1. The van der Waals surface area contributed by atoms with E-state index in [-0.39, 0.29) is 11.8 Å². The van der Waals surface area contributed by atoms with Crippen LogP contribution in [0, 0.1) is 0 Å². The van der Waals surface area contributed by atoms with Gasteiger partial charge >= 0.3 is 12.1 Å². The number of thiophene rings is 1. The number of benzene rings is 2. The summed E-state index contributed by atoms with van der Waals surface area (Å²) < 4.78 is 10.7. The number of urea groups is 1. The summed E-state index contributed by atoms with van der Waals surface area (Å²) in [5, 5.41) is 9.06. The van der Waals surface area contributed by atoms with Crippen LogP contribution in [0.25, 0.3) is 10.4 Å². The van der Waals surface area contributed by atoms with E-state index >= 15 is 0 Å². The summed E-state index contributed by atoms with van der Waals surface area (Å²) in [6, 6.07) is 16.2. The molecule has 1 unspecified atom stereocenters.